The molecular weight excluding hydrogens is 352 g/mol. The number of allylic oxidation sites excluding steroid dienone is 1. The van der Waals surface area contributed by atoms with Crippen LogP contribution < -0.4 is 5.73 Å². The molecule has 0 radical (unpaired) electrons. The van der Waals surface area contributed by atoms with Gasteiger partial charge in [-0.3, -0.25) is 4.79 Å². The zero-order chi connectivity index (χ0) is 19.2. The van der Waals surface area contributed by atoms with Gasteiger partial charge in [0.1, 0.15) is 29.4 Å². The fourth-order valence-corrected chi connectivity index (χ4v) is 3.70. The first-order valence-electron chi connectivity index (χ1n) is 7.53. The fourth-order valence-electron chi connectivity index (χ4n) is 2.49. The van der Waals surface area contributed by atoms with Crippen LogP contribution in [0.2, 0.25) is 0 Å². The highest BCUT2D eigenvalue weighted by Crippen LogP contribution is 2.53. The molecule has 1 unspecified atom stereocenters. The fraction of sp³-hybridized carbons (Fsp3) is 0.222. The summed E-state index contributed by atoms with van der Waals surface area (Å²) in [6.45, 7) is 1.90. The third-order valence-corrected chi connectivity index (χ3v) is 4.83. The number of ether oxygens (including phenoxy) is 2. The van der Waals surface area contributed by atoms with Crippen LogP contribution in [0.1, 0.15) is 12.5 Å². The molecule has 0 spiro atoms. The van der Waals surface area contributed by atoms with E-state index in [1.807, 2.05) is 6.07 Å². The molecule has 0 fully saturated rings. The Labute approximate surface area is 154 Å². The van der Waals surface area contributed by atoms with Crippen molar-refractivity contribution in [1.29, 1.82) is 15.8 Å². The third-order valence-electron chi connectivity index (χ3n) is 3.52. The lowest BCUT2D eigenvalue weighted by Crippen LogP contribution is -2.28. The van der Waals surface area contributed by atoms with Gasteiger partial charge in [-0.2, -0.15) is 15.8 Å². The Kier molecular flexibility index (Phi) is 5.90. The van der Waals surface area contributed by atoms with E-state index in [0.717, 1.165) is 11.8 Å². The quantitative estimate of drug-likeness (QED) is 0.619. The topological polar surface area (TPSA) is 133 Å². The van der Waals surface area contributed by atoms with E-state index in [0.29, 0.717) is 5.56 Å². The van der Waals surface area contributed by atoms with E-state index in [1.54, 1.807) is 49.4 Å². The minimum atomic E-state index is -1.47. The van der Waals surface area contributed by atoms with Crippen molar-refractivity contribution >= 4 is 17.7 Å². The van der Waals surface area contributed by atoms with Crippen molar-refractivity contribution in [1.82, 2.24) is 0 Å². The molecule has 1 aliphatic rings. The predicted octanol–water partition coefficient (Wildman–Crippen LogP) is 2.20. The summed E-state index contributed by atoms with van der Waals surface area (Å²) in [7, 11) is 0. The zero-order valence-electron chi connectivity index (χ0n) is 13.9. The highest BCUT2D eigenvalue weighted by atomic mass is 32.2. The van der Waals surface area contributed by atoms with Crippen LogP contribution in [0.15, 0.2) is 52.9 Å². The molecule has 0 aliphatic carbocycles. The van der Waals surface area contributed by atoms with Gasteiger partial charge < -0.3 is 15.2 Å². The summed E-state index contributed by atoms with van der Waals surface area (Å²) < 4.78 is 10.7. The molecule has 1 aromatic rings. The van der Waals surface area contributed by atoms with Crippen molar-refractivity contribution in [3.8, 4) is 18.2 Å². The lowest BCUT2D eigenvalue weighted by atomic mass is 9.93. The molecule has 0 saturated carbocycles. The molecule has 7 nitrogen and oxygen atoms in total. The van der Waals surface area contributed by atoms with E-state index in [9.17, 15) is 20.6 Å². The number of carbonyl (C=O) groups is 1. The molecule has 26 heavy (non-hydrogen) atoms. The van der Waals surface area contributed by atoms with Crippen molar-refractivity contribution in [2.24, 2.45) is 5.73 Å². The van der Waals surface area contributed by atoms with Crippen LogP contribution in [-0.2, 0) is 19.2 Å². The van der Waals surface area contributed by atoms with Gasteiger partial charge in [-0.25, -0.2) is 0 Å². The van der Waals surface area contributed by atoms with Gasteiger partial charge in [0.05, 0.1) is 17.9 Å². The van der Waals surface area contributed by atoms with Gasteiger partial charge in [0.25, 0.3) is 0 Å². The minimum absolute atomic E-state index is 0.0444. The Morgan fingerprint density at radius 2 is 1.92 bits per heavy atom. The van der Waals surface area contributed by atoms with Crippen molar-refractivity contribution in [2.75, 3.05) is 12.4 Å². The molecule has 0 amide bonds. The second-order valence-corrected chi connectivity index (χ2v) is 6.16. The first kappa shape index (κ1) is 18.9. The van der Waals surface area contributed by atoms with E-state index in [1.165, 1.54) is 0 Å². The van der Waals surface area contributed by atoms with Crippen molar-refractivity contribution < 1.29 is 14.3 Å². The first-order valence-corrected chi connectivity index (χ1v) is 8.51. The van der Waals surface area contributed by atoms with Crippen LogP contribution >= 0.6 is 11.8 Å². The summed E-state index contributed by atoms with van der Waals surface area (Å²) >= 11 is 0.993. The number of hydrogen-bond acceptors (Lipinski definition) is 8. The standard InChI is InChI=1S/C18H14N4O3S/c1-2-24-15(23)11-26-18(13-6-4-3-5-7-13)16(12(8-19)9-20)14(10-21)17(22)25-18/h3-7H,2,11,22H2,1H3. The number of esters is 1. The molecule has 8 heteroatoms. The molecule has 0 aromatic heterocycles. The van der Waals surface area contributed by atoms with Gasteiger partial charge in [0, 0.05) is 5.56 Å². The van der Waals surface area contributed by atoms with Gasteiger partial charge in [0.2, 0.25) is 10.8 Å². The van der Waals surface area contributed by atoms with Crippen LogP contribution in [0.3, 0.4) is 0 Å². The predicted molar refractivity (Wildman–Crippen MR) is 93.4 cm³/mol. The average Bonchev–Trinajstić information content (AvgIpc) is 2.95. The number of nitrogens with two attached hydrogens (primary N) is 1. The van der Waals surface area contributed by atoms with Crippen LogP contribution in [-0.4, -0.2) is 18.3 Å². The Morgan fingerprint density at radius 3 is 2.46 bits per heavy atom. The van der Waals surface area contributed by atoms with E-state index in [-0.39, 0.29) is 35.0 Å². The first-order chi connectivity index (χ1) is 12.5. The lowest BCUT2D eigenvalue weighted by Gasteiger charge is -2.30. The van der Waals surface area contributed by atoms with Gasteiger partial charge in [0.15, 0.2) is 0 Å². The summed E-state index contributed by atoms with van der Waals surface area (Å²) in [6.07, 6.45) is 0. The van der Waals surface area contributed by atoms with Crippen LogP contribution in [0.25, 0.3) is 0 Å². The van der Waals surface area contributed by atoms with Crippen molar-refractivity contribution in [2.45, 2.75) is 11.9 Å². The summed E-state index contributed by atoms with van der Waals surface area (Å²) in [5, 5.41) is 28.2. The monoisotopic (exact) mass is 366 g/mol. The molecular formula is C18H14N4O3S. The number of nitrogens with zero attached hydrogens (tertiary/aromatic N) is 3. The molecule has 1 aliphatic heterocycles. The van der Waals surface area contributed by atoms with Crippen molar-refractivity contribution in [3.63, 3.8) is 0 Å². The largest absolute Gasteiger partial charge is 0.465 e. The molecule has 0 bridgehead atoms. The molecule has 1 atom stereocenters. The van der Waals surface area contributed by atoms with Crippen LogP contribution in [0, 0.1) is 34.0 Å². The Bertz CT molecular complexity index is 887. The summed E-state index contributed by atoms with van der Waals surface area (Å²) in [6, 6.07) is 14.1. The highest BCUT2D eigenvalue weighted by Gasteiger charge is 2.50. The highest BCUT2D eigenvalue weighted by molar-refractivity contribution is 8.00. The number of hydrogen-bond donors (Lipinski definition) is 1. The smallest absolute Gasteiger partial charge is 0.316 e. The van der Waals surface area contributed by atoms with Crippen LogP contribution in [0.5, 0.6) is 0 Å². The molecule has 2 N–H and O–H groups in total. The molecule has 0 saturated heterocycles. The normalized spacial score (nSPS) is 18.3. The SMILES string of the molecule is CCOC(=O)CSC1(c2ccccc2)OC(N)=C(C#N)C1=C(C#N)C#N. The number of nitriles is 3. The Hall–Kier alpha value is -3.41. The summed E-state index contributed by atoms with van der Waals surface area (Å²) in [5.74, 6) is -0.816. The molecule has 130 valence electrons. The maximum Gasteiger partial charge on any atom is 0.316 e. The minimum Gasteiger partial charge on any atom is -0.465 e. The zero-order valence-corrected chi connectivity index (χ0v) is 14.7. The Balaban J connectivity index is 2.67. The summed E-state index contributed by atoms with van der Waals surface area (Å²) in [4.78, 5) is 10.4. The van der Waals surface area contributed by atoms with E-state index < -0.39 is 10.9 Å². The lowest BCUT2D eigenvalue weighted by molar-refractivity contribution is -0.139. The second-order valence-electron chi connectivity index (χ2n) is 5.00. The molecule has 1 heterocycles. The van der Waals surface area contributed by atoms with Gasteiger partial charge in [-0.15, -0.1) is 0 Å². The van der Waals surface area contributed by atoms with Crippen LogP contribution in [0.4, 0.5) is 0 Å². The van der Waals surface area contributed by atoms with Gasteiger partial charge in [-0.05, 0) is 6.92 Å². The van der Waals surface area contributed by atoms with E-state index >= 15 is 0 Å². The van der Waals surface area contributed by atoms with Crippen molar-refractivity contribution in [3.05, 3.63) is 58.5 Å². The molecule has 1 aromatic carbocycles. The maximum atomic E-state index is 11.9. The number of rotatable bonds is 5. The maximum absolute atomic E-state index is 11.9. The van der Waals surface area contributed by atoms with Gasteiger partial charge >= 0.3 is 5.97 Å². The molecule has 2 rings (SSSR count). The van der Waals surface area contributed by atoms with E-state index in [4.69, 9.17) is 15.2 Å². The summed E-state index contributed by atoms with van der Waals surface area (Å²) in [5.41, 5.74) is 6.05. The third kappa shape index (κ3) is 3.35. The number of carbonyl (C=O) groups excluding carboxylic acids is 1. The Morgan fingerprint density at radius 1 is 1.27 bits per heavy atom. The number of thioether (sulfide) groups is 1. The van der Waals surface area contributed by atoms with E-state index in [2.05, 4.69) is 0 Å². The van der Waals surface area contributed by atoms with Gasteiger partial charge in [-0.1, -0.05) is 42.1 Å². The second kappa shape index (κ2) is 8.11. The average molecular weight is 366 g/mol. The number of benzene rings is 1.